The predicted octanol–water partition coefficient (Wildman–Crippen LogP) is 4.09. The Morgan fingerprint density at radius 2 is 1.27 bits per heavy atom. The van der Waals surface area contributed by atoms with Crippen molar-refractivity contribution in [1.82, 2.24) is 0 Å². The molecule has 0 unspecified atom stereocenters. The Balaban J connectivity index is 1.91. The predicted molar refractivity (Wildman–Crippen MR) is 106 cm³/mol. The van der Waals surface area contributed by atoms with Crippen molar-refractivity contribution < 1.29 is 14.5 Å². The highest BCUT2D eigenvalue weighted by Crippen LogP contribution is 2.38. The van der Waals surface area contributed by atoms with E-state index in [-0.39, 0.29) is 0 Å². The molecule has 0 spiro atoms. The Morgan fingerprint density at radius 3 is 2.08 bits per heavy atom. The van der Waals surface area contributed by atoms with Gasteiger partial charge in [0.05, 0.1) is 0 Å². The van der Waals surface area contributed by atoms with Gasteiger partial charge in [-0.25, -0.2) is 0 Å². The third-order valence-electron chi connectivity index (χ3n) is 4.93. The van der Waals surface area contributed by atoms with Crippen LogP contribution in [0.1, 0.15) is 0 Å². The molecule has 5 aromatic rings. The van der Waals surface area contributed by atoms with Crippen LogP contribution < -0.4 is 5.46 Å². The fraction of sp³-hybridized carbons (Fsp3) is 0. The SMILES string of the molecule is OB(O)c1ccc(-c2cccc3oc4ccccc4c23)c2ccccc12. The van der Waals surface area contributed by atoms with Crippen molar-refractivity contribution in [2.45, 2.75) is 0 Å². The molecule has 0 aliphatic carbocycles. The van der Waals surface area contributed by atoms with Gasteiger partial charge in [0.25, 0.3) is 0 Å². The topological polar surface area (TPSA) is 53.6 Å². The Kier molecular flexibility index (Phi) is 3.35. The summed E-state index contributed by atoms with van der Waals surface area (Å²) in [4.78, 5) is 0. The van der Waals surface area contributed by atoms with Gasteiger partial charge in [-0.05, 0) is 39.5 Å². The van der Waals surface area contributed by atoms with Gasteiger partial charge < -0.3 is 14.5 Å². The number of para-hydroxylation sites is 1. The summed E-state index contributed by atoms with van der Waals surface area (Å²) in [6, 6.07) is 25.6. The molecule has 5 rings (SSSR count). The van der Waals surface area contributed by atoms with Crippen LogP contribution in [0, 0.1) is 0 Å². The zero-order valence-corrected chi connectivity index (χ0v) is 13.9. The first-order chi connectivity index (χ1) is 12.7. The van der Waals surface area contributed by atoms with E-state index in [1.165, 1.54) is 0 Å². The van der Waals surface area contributed by atoms with Gasteiger partial charge >= 0.3 is 7.12 Å². The maximum Gasteiger partial charge on any atom is 0.489 e. The summed E-state index contributed by atoms with van der Waals surface area (Å²) >= 11 is 0. The lowest BCUT2D eigenvalue weighted by Crippen LogP contribution is -2.30. The molecule has 3 nitrogen and oxygen atoms in total. The van der Waals surface area contributed by atoms with Gasteiger partial charge in [0.1, 0.15) is 11.2 Å². The van der Waals surface area contributed by atoms with Crippen LogP contribution in [0.2, 0.25) is 0 Å². The Morgan fingerprint density at radius 1 is 0.577 bits per heavy atom. The van der Waals surface area contributed by atoms with Crippen molar-refractivity contribution >= 4 is 45.3 Å². The van der Waals surface area contributed by atoms with Gasteiger partial charge in [-0.15, -0.1) is 0 Å². The average molecular weight is 338 g/mol. The quantitative estimate of drug-likeness (QED) is 0.477. The number of hydrogen-bond donors (Lipinski definition) is 2. The van der Waals surface area contributed by atoms with E-state index in [2.05, 4.69) is 12.1 Å². The molecular weight excluding hydrogens is 323 g/mol. The van der Waals surface area contributed by atoms with E-state index in [1.807, 2.05) is 60.7 Å². The number of benzene rings is 4. The molecule has 26 heavy (non-hydrogen) atoms. The second kappa shape index (κ2) is 5.73. The van der Waals surface area contributed by atoms with E-state index in [0.29, 0.717) is 5.46 Å². The van der Waals surface area contributed by atoms with Crippen molar-refractivity contribution in [3.63, 3.8) is 0 Å². The molecule has 124 valence electrons. The van der Waals surface area contributed by atoms with Crippen LogP contribution in [-0.2, 0) is 0 Å². The van der Waals surface area contributed by atoms with Gasteiger partial charge in [-0.3, -0.25) is 0 Å². The Hall–Kier alpha value is -3.08. The molecule has 0 radical (unpaired) electrons. The third-order valence-corrected chi connectivity index (χ3v) is 4.93. The third kappa shape index (κ3) is 2.17. The second-order valence-corrected chi connectivity index (χ2v) is 6.40. The van der Waals surface area contributed by atoms with Gasteiger partial charge in [0, 0.05) is 10.8 Å². The normalized spacial score (nSPS) is 11.5. The fourth-order valence-corrected chi connectivity index (χ4v) is 3.78. The van der Waals surface area contributed by atoms with E-state index < -0.39 is 7.12 Å². The summed E-state index contributed by atoms with van der Waals surface area (Å²) in [5, 5.41) is 23.4. The molecule has 0 atom stereocenters. The van der Waals surface area contributed by atoms with Gasteiger partial charge in [-0.1, -0.05) is 66.7 Å². The van der Waals surface area contributed by atoms with Crippen LogP contribution in [0.15, 0.2) is 83.3 Å². The molecule has 0 fully saturated rings. The fourth-order valence-electron chi connectivity index (χ4n) is 3.78. The molecule has 1 heterocycles. The van der Waals surface area contributed by atoms with Crippen LogP contribution in [0.4, 0.5) is 0 Å². The number of furan rings is 1. The lowest BCUT2D eigenvalue weighted by Gasteiger charge is -2.12. The Bertz CT molecular complexity index is 1270. The zero-order chi connectivity index (χ0) is 17.7. The molecule has 0 saturated carbocycles. The van der Waals surface area contributed by atoms with Crippen molar-refractivity contribution in [2.24, 2.45) is 0 Å². The highest BCUT2D eigenvalue weighted by molar-refractivity contribution is 6.62. The van der Waals surface area contributed by atoms with Crippen molar-refractivity contribution in [3.8, 4) is 11.1 Å². The van der Waals surface area contributed by atoms with Gasteiger partial charge in [0.15, 0.2) is 0 Å². The molecule has 1 aromatic heterocycles. The second-order valence-electron chi connectivity index (χ2n) is 6.40. The minimum absolute atomic E-state index is 0.508. The lowest BCUT2D eigenvalue weighted by molar-refractivity contribution is 0.426. The molecule has 0 aliphatic heterocycles. The number of fused-ring (bicyclic) bond motifs is 4. The van der Waals surface area contributed by atoms with Crippen molar-refractivity contribution in [3.05, 3.63) is 78.9 Å². The molecule has 0 amide bonds. The molecule has 0 aliphatic rings. The van der Waals surface area contributed by atoms with E-state index in [9.17, 15) is 10.0 Å². The van der Waals surface area contributed by atoms with Crippen LogP contribution in [0.25, 0.3) is 43.8 Å². The molecule has 2 N–H and O–H groups in total. The maximum absolute atomic E-state index is 9.70. The lowest BCUT2D eigenvalue weighted by atomic mass is 9.76. The van der Waals surface area contributed by atoms with Crippen LogP contribution >= 0.6 is 0 Å². The van der Waals surface area contributed by atoms with E-state index in [4.69, 9.17) is 4.42 Å². The van der Waals surface area contributed by atoms with Crippen LogP contribution in [-0.4, -0.2) is 17.2 Å². The summed E-state index contributed by atoms with van der Waals surface area (Å²) in [5.41, 5.74) is 4.33. The maximum atomic E-state index is 9.70. The summed E-state index contributed by atoms with van der Waals surface area (Å²) in [6.07, 6.45) is 0. The summed E-state index contributed by atoms with van der Waals surface area (Å²) in [7, 11) is -1.50. The monoisotopic (exact) mass is 338 g/mol. The molecule has 0 bridgehead atoms. The van der Waals surface area contributed by atoms with E-state index in [1.54, 1.807) is 6.07 Å². The largest absolute Gasteiger partial charge is 0.489 e. The first-order valence-corrected chi connectivity index (χ1v) is 8.52. The Labute approximate surface area is 150 Å². The van der Waals surface area contributed by atoms with E-state index in [0.717, 1.165) is 43.8 Å². The number of hydrogen-bond acceptors (Lipinski definition) is 3. The first-order valence-electron chi connectivity index (χ1n) is 8.52. The zero-order valence-electron chi connectivity index (χ0n) is 13.9. The summed E-state index contributed by atoms with van der Waals surface area (Å²) < 4.78 is 6.01. The van der Waals surface area contributed by atoms with Crippen LogP contribution in [0.3, 0.4) is 0 Å². The average Bonchev–Trinajstić information content (AvgIpc) is 3.06. The smallest absolute Gasteiger partial charge is 0.456 e. The first kappa shape index (κ1) is 15.2. The van der Waals surface area contributed by atoms with Crippen molar-refractivity contribution in [1.29, 1.82) is 0 Å². The molecule has 0 saturated heterocycles. The van der Waals surface area contributed by atoms with Gasteiger partial charge in [0.2, 0.25) is 0 Å². The highest BCUT2D eigenvalue weighted by atomic mass is 16.4. The minimum Gasteiger partial charge on any atom is -0.456 e. The minimum atomic E-state index is -1.50. The molecule has 4 heteroatoms. The standard InChI is InChI=1S/C22H15BO3/c24-23(25)19-13-12-15(14-6-1-2-7-16(14)19)17-9-5-11-21-22(17)18-8-3-4-10-20(18)26-21/h1-13,24-25H. The molecular formula is C22H15BO3. The summed E-state index contributed by atoms with van der Waals surface area (Å²) in [5.74, 6) is 0. The highest BCUT2D eigenvalue weighted by Gasteiger charge is 2.18. The van der Waals surface area contributed by atoms with Crippen LogP contribution in [0.5, 0.6) is 0 Å². The summed E-state index contributed by atoms with van der Waals surface area (Å²) in [6.45, 7) is 0. The molecule has 4 aromatic carbocycles. The van der Waals surface area contributed by atoms with E-state index >= 15 is 0 Å². The van der Waals surface area contributed by atoms with Gasteiger partial charge in [-0.2, -0.15) is 0 Å². The number of rotatable bonds is 2. The van der Waals surface area contributed by atoms with Crippen molar-refractivity contribution in [2.75, 3.05) is 0 Å².